The topological polar surface area (TPSA) is 54.0 Å². The Balaban J connectivity index is 0.00000860. The van der Waals surface area contributed by atoms with Crippen LogP contribution in [0.5, 0.6) is 0 Å². The van der Waals surface area contributed by atoms with Crippen molar-refractivity contribution in [1.82, 2.24) is 19.9 Å². The first kappa shape index (κ1) is 59.6. The van der Waals surface area contributed by atoms with Gasteiger partial charge in [0.05, 0.1) is 67.3 Å². The third-order valence-electron chi connectivity index (χ3n) is 12.1. The Morgan fingerprint density at radius 1 is 0.235 bits per heavy atom. The molecule has 0 radical (unpaired) electrons. The van der Waals surface area contributed by atoms with Crippen molar-refractivity contribution >= 4 is 46.4 Å². The van der Waals surface area contributed by atoms with Crippen molar-refractivity contribution in [2.45, 2.75) is 49.4 Å². The van der Waals surface area contributed by atoms with E-state index in [2.05, 4.69) is 19.9 Å². The monoisotopic (exact) mass is 1350 g/mol. The minimum Gasteiger partial charge on any atom is -0.657 e. The molecular weight excluding hydrogens is 1330 g/mol. The number of nitrogens with zero attached hydrogens (tertiary/aromatic N) is 4. The molecule has 0 saturated heterocycles. The van der Waals surface area contributed by atoms with Crippen LogP contribution in [-0.2, 0) is 70.5 Å². The Kier molecular flexibility index (Phi) is 14.6. The molecule has 4 nitrogen and oxygen atoms in total. The minimum absolute atomic E-state index is 0. The summed E-state index contributed by atoms with van der Waals surface area (Å²) in [5.41, 5.74) is -30.5. The van der Waals surface area contributed by atoms with Gasteiger partial charge in [0.15, 0.2) is 0 Å². The summed E-state index contributed by atoms with van der Waals surface area (Å²) >= 11 is 0. The number of rotatable bonds is 4. The van der Waals surface area contributed by atoms with Crippen LogP contribution < -0.4 is 9.97 Å². The van der Waals surface area contributed by atoms with Crippen LogP contribution in [0.2, 0.25) is 0 Å². The van der Waals surface area contributed by atoms with Gasteiger partial charge in [0.2, 0.25) is 0 Å². The molecule has 0 amide bonds. The summed E-state index contributed by atoms with van der Waals surface area (Å²) in [5, 5.41) is 0. The Bertz CT molecular complexity index is 3270. The normalized spacial score (nSPS) is 13.7. The van der Waals surface area contributed by atoms with Gasteiger partial charge in [-0.3, -0.25) is 0 Å². The van der Waals surface area contributed by atoms with Gasteiger partial charge >= 0.3 is 70.5 Å². The van der Waals surface area contributed by atoms with Crippen molar-refractivity contribution in [3.63, 3.8) is 0 Å². The molecule has 9 rings (SSSR count). The van der Waals surface area contributed by atoms with Gasteiger partial charge in [-0.2, -0.15) is 105 Å². The van der Waals surface area contributed by atoms with Crippen LogP contribution in [0.4, 0.5) is 105 Å². The average molecular weight is 1350 g/mol. The molecule has 426 valence electrons. The maximum Gasteiger partial charge on any atom is 2.00 e. The van der Waals surface area contributed by atoms with E-state index in [9.17, 15) is 105 Å². The van der Waals surface area contributed by atoms with E-state index in [-0.39, 0.29) is 93.9 Å². The van der Waals surface area contributed by atoms with E-state index in [1.807, 2.05) is 0 Å². The van der Waals surface area contributed by atoms with Crippen LogP contribution >= 0.6 is 0 Å². The van der Waals surface area contributed by atoms with Crippen LogP contribution in [0.15, 0.2) is 97.1 Å². The summed E-state index contributed by atoms with van der Waals surface area (Å²) in [6.45, 7) is 0. The molecule has 2 aliphatic heterocycles. The molecular formula is C52H20F24N4Pt. The summed E-state index contributed by atoms with van der Waals surface area (Å²) in [6, 6.07) is 2.69. The average Bonchev–Trinajstić information content (AvgIpc) is 4.17. The van der Waals surface area contributed by atoms with Gasteiger partial charge in [0.1, 0.15) is 0 Å². The van der Waals surface area contributed by atoms with Gasteiger partial charge in [-0.1, -0.05) is 24.3 Å². The molecule has 3 aromatic heterocycles. The van der Waals surface area contributed by atoms with Crippen molar-refractivity contribution < 1.29 is 126 Å². The first-order valence-electron chi connectivity index (χ1n) is 21.9. The smallest absolute Gasteiger partial charge is 0.657 e. The zero-order valence-corrected chi connectivity index (χ0v) is 41.0. The van der Waals surface area contributed by atoms with Crippen molar-refractivity contribution in [3.05, 3.63) is 164 Å². The molecule has 7 aromatic rings. The second-order valence-corrected chi connectivity index (χ2v) is 17.5. The van der Waals surface area contributed by atoms with Crippen molar-refractivity contribution in [3.8, 4) is 44.5 Å². The molecule has 0 saturated carbocycles. The quantitative estimate of drug-likeness (QED) is 0.165. The van der Waals surface area contributed by atoms with E-state index in [1.165, 1.54) is 0 Å². The Hall–Kier alpha value is -7.51. The summed E-state index contributed by atoms with van der Waals surface area (Å²) < 4.78 is 347. The second-order valence-electron chi connectivity index (χ2n) is 17.5. The molecule has 0 aliphatic carbocycles. The van der Waals surface area contributed by atoms with Crippen molar-refractivity contribution in [1.29, 1.82) is 0 Å². The molecule has 0 spiro atoms. The first-order valence-corrected chi connectivity index (χ1v) is 21.9. The fourth-order valence-corrected chi connectivity index (χ4v) is 8.67. The predicted octanol–water partition coefficient (Wildman–Crippen LogP) is 18.7. The molecule has 0 unspecified atom stereocenters. The number of fused-ring (bicyclic) bond motifs is 8. The second kappa shape index (κ2) is 19.9. The van der Waals surface area contributed by atoms with Crippen molar-refractivity contribution in [2.75, 3.05) is 0 Å². The number of benzene rings is 4. The SMILES string of the molecule is FC(F)(F)c1cc(-c2c3nc(c(-c4cc(C(F)(F)F)cc(C(F)(F)F)c4)c4ccc([n-]4)c(-c4cc(C(F)(F)F)cc(C(F)(F)F)c4)c4nc(c(-c5cc(C(F)(F)F)cc(C(F)(F)F)c5)c5ccc2[n-]5)C=C4)C=C3)cc(C(F)(F)F)c1.[Pt+2]. The van der Waals surface area contributed by atoms with Gasteiger partial charge in [-0.05, 0) is 142 Å². The van der Waals surface area contributed by atoms with E-state index in [0.717, 1.165) is 48.6 Å². The number of hydrogen-bond acceptors (Lipinski definition) is 2. The Morgan fingerprint density at radius 2 is 0.383 bits per heavy atom. The standard InChI is InChI=1S/C52H20F24N4.Pt/c53-45(54,55)25-9-21(10-26(17-25)46(56,57)58)41-33-1-2-34(77-33)42(22-11-27(47(59,60)61)18-28(12-22)48(62,63)64)36-5-6-38(79-36)44(24-15-31(51(71,72)73)20-32(16-24)52(74,75)76)40-8-7-39(80-40)43(37-4-3-35(41)78-37)23-13-29(49(65,66)67)19-30(14-23)50(68,69)70;/h1-20H;/q-2;+2. The van der Waals surface area contributed by atoms with Crippen LogP contribution in [0.25, 0.3) is 90.9 Å². The van der Waals surface area contributed by atoms with E-state index >= 15 is 0 Å². The third kappa shape index (κ3) is 12.1. The minimum atomic E-state index is -5.59. The van der Waals surface area contributed by atoms with E-state index in [1.54, 1.807) is 0 Å². The van der Waals surface area contributed by atoms with Crippen LogP contribution in [0.3, 0.4) is 0 Å². The van der Waals surface area contributed by atoms with E-state index in [4.69, 9.17) is 0 Å². The van der Waals surface area contributed by atoms with E-state index < -0.39 is 183 Å². The summed E-state index contributed by atoms with van der Waals surface area (Å²) in [6.07, 6.45) is -41.7. The Morgan fingerprint density at radius 3 is 0.519 bits per heavy atom. The molecule has 0 fully saturated rings. The summed E-state index contributed by atoms with van der Waals surface area (Å²) in [4.78, 5) is 16.8. The molecule has 0 N–H and O–H groups in total. The van der Waals surface area contributed by atoms with Crippen LogP contribution in [0, 0.1) is 0 Å². The van der Waals surface area contributed by atoms with Gasteiger partial charge in [-0.25, -0.2) is 9.97 Å². The number of alkyl halides is 24. The zero-order chi connectivity index (χ0) is 58.8. The Labute approximate surface area is 449 Å². The summed E-state index contributed by atoms with van der Waals surface area (Å²) in [7, 11) is 0. The zero-order valence-electron chi connectivity index (χ0n) is 38.7. The number of aromatic nitrogens is 4. The van der Waals surface area contributed by atoms with E-state index in [0.29, 0.717) is 0 Å². The maximum atomic E-state index is 14.4. The molecule has 4 aromatic carbocycles. The molecule has 0 atom stereocenters. The third-order valence-corrected chi connectivity index (χ3v) is 12.1. The molecule has 2 aliphatic rings. The molecule has 8 bridgehead atoms. The number of halogens is 24. The molecule has 81 heavy (non-hydrogen) atoms. The summed E-state index contributed by atoms with van der Waals surface area (Å²) in [5.74, 6) is 0. The molecule has 5 heterocycles. The fourth-order valence-electron chi connectivity index (χ4n) is 8.67. The van der Waals surface area contributed by atoms with Gasteiger partial charge in [0.25, 0.3) is 0 Å². The maximum absolute atomic E-state index is 14.4. The number of hydrogen-bond donors (Lipinski definition) is 0. The van der Waals surface area contributed by atoms with Crippen LogP contribution in [0.1, 0.15) is 67.3 Å². The largest absolute Gasteiger partial charge is 2.00 e. The molecule has 29 heteroatoms. The van der Waals surface area contributed by atoms with Gasteiger partial charge < -0.3 is 9.97 Å². The first-order chi connectivity index (χ1) is 36.6. The van der Waals surface area contributed by atoms with Crippen molar-refractivity contribution in [2.24, 2.45) is 0 Å². The fraction of sp³-hybridized carbons (Fsp3) is 0.154. The predicted molar refractivity (Wildman–Crippen MR) is 239 cm³/mol. The van der Waals surface area contributed by atoms with Gasteiger partial charge in [-0.15, -0.1) is 22.1 Å². The van der Waals surface area contributed by atoms with Gasteiger partial charge in [0, 0.05) is 0 Å². The van der Waals surface area contributed by atoms with Crippen LogP contribution in [-0.4, -0.2) is 9.97 Å².